The zero-order valence-electron chi connectivity index (χ0n) is 46.0. The van der Waals surface area contributed by atoms with Gasteiger partial charge in [-0.3, -0.25) is 0 Å². The van der Waals surface area contributed by atoms with Gasteiger partial charge in [-0.25, -0.2) is 19.8 Å². The van der Waals surface area contributed by atoms with E-state index in [1.807, 2.05) is 126 Å². The lowest BCUT2D eigenvalue weighted by Crippen LogP contribution is -2.09. The number of hydrogen-bond donors (Lipinski definition) is 0. The Hall–Kier alpha value is -11.5. The van der Waals surface area contributed by atoms with Crippen molar-refractivity contribution in [3.8, 4) is 101 Å². The molecule has 3 aromatic heterocycles. The van der Waals surface area contributed by atoms with Crippen molar-refractivity contribution in [1.82, 2.24) is 24.1 Å². The molecule has 0 aliphatic heterocycles. The number of nitrogens with zero attached hydrogens (tertiary/aromatic N) is 6. The molecule has 0 fully saturated rings. The molecule has 0 unspecified atom stereocenters. The highest BCUT2D eigenvalue weighted by molar-refractivity contribution is 6.13. The van der Waals surface area contributed by atoms with Crippen LogP contribution in [0.25, 0.3) is 150 Å². The van der Waals surface area contributed by atoms with Gasteiger partial charge in [0.05, 0.1) is 45.6 Å². The third kappa shape index (κ3) is 9.23. The molecule has 0 bridgehead atoms. The maximum absolute atomic E-state index is 15.4. The van der Waals surface area contributed by atoms with E-state index in [0.717, 1.165) is 111 Å². The molecule has 0 N–H and O–H groups in total. The summed E-state index contributed by atoms with van der Waals surface area (Å²) >= 11 is 0. The van der Waals surface area contributed by atoms with Gasteiger partial charge in [0.25, 0.3) is 0 Å². The monoisotopic (exact) mass is 1110 g/mol. The van der Waals surface area contributed by atoms with Crippen LogP contribution in [0, 0.1) is 6.57 Å². The topological polar surface area (TPSA) is 52.9 Å². The van der Waals surface area contributed by atoms with E-state index in [1.54, 1.807) is 18.2 Å². The molecule has 0 aliphatic rings. The standard InChI is InChI=1S/C77H47F3N6/c1-81-61-35-27-53(28-36-61)59-33-41-72(85-68-37-29-55(49-17-7-2-8-18-49)43-62(68)63-44-56(30-38-69(63)85)50-19-9-3-10-20-50)66(47-59)75-82-74(54-25-15-6-16-26-54)83-76(84-75)67-48-60(77(78,79)80)34-42-73(67)86-70-39-31-57(51-21-11-4-12-22-51)45-64(70)65-46-58(32-40-71(65)86)52-23-13-5-14-24-52/h2-48H. The second-order valence-electron chi connectivity index (χ2n) is 21.4. The SMILES string of the molecule is [C-]#[N+]c1ccc(-c2ccc(-n3c4ccc(-c5ccccc5)cc4c4cc(-c5ccccc5)ccc43)c(-c3nc(-c4ccccc4)nc(-c4cc(C(F)(F)F)ccc4-n4c5ccc(-c6ccccc6)cc5c5cc(-c6ccccc6)ccc54)n3)c2)cc1. The molecule has 15 rings (SSSR count). The minimum absolute atomic E-state index is 0.0479. The number of aromatic nitrogens is 5. The van der Waals surface area contributed by atoms with Crippen LogP contribution in [0.5, 0.6) is 0 Å². The van der Waals surface area contributed by atoms with Gasteiger partial charge in [0, 0.05) is 38.2 Å². The molecule has 0 radical (unpaired) electrons. The van der Waals surface area contributed by atoms with Crippen LogP contribution in [0.4, 0.5) is 18.9 Å². The molecule has 0 spiro atoms. The van der Waals surface area contributed by atoms with Crippen molar-refractivity contribution in [2.45, 2.75) is 6.18 Å². The summed E-state index contributed by atoms with van der Waals surface area (Å²) in [6.45, 7) is 7.72. The first-order valence-electron chi connectivity index (χ1n) is 28.3. The third-order valence-electron chi connectivity index (χ3n) is 16.2. The minimum atomic E-state index is -4.72. The second-order valence-corrected chi connectivity index (χ2v) is 21.4. The Morgan fingerprint density at radius 3 is 0.965 bits per heavy atom. The van der Waals surface area contributed by atoms with Gasteiger partial charge in [-0.05, 0) is 134 Å². The van der Waals surface area contributed by atoms with Crippen LogP contribution < -0.4 is 0 Å². The molecule has 9 heteroatoms. The van der Waals surface area contributed by atoms with Crippen molar-refractivity contribution >= 4 is 49.3 Å². The minimum Gasteiger partial charge on any atom is -0.309 e. The first-order chi connectivity index (χ1) is 42.2. The van der Waals surface area contributed by atoms with Gasteiger partial charge in [0.15, 0.2) is 23.2 Å². The molecule has 6 nitrogen and oxygen atoms in total. The zero-order valence-corrected chi connectivity index (χ0v) is 46.0. The van der Waals surface area contributed by atoms with E-state index < -0.39 is 11.7 Å². The molecule has 3 heterocycles. The molecule has 0 atom stereocenters. The average molecular weight is 1110 g/mol. The van der Waals surface area contributed by atoms with E-state index in [4.69, 9.17) is 21.5 Å². The largest absolute Gasteiger partial charge is 0.416 e. The lowest BCUT2D eigenvalue weighted by atomic mass is 10.00. The van der Waals surface area contributed by atoms with Gasteiger partial charge in [0.1, 0.15) is 0 Å². The smallest absolute Gasteiger partial charge is 0.309 e. The van der Waals surface area contributed by atoms with Gasteiger partial charge >= 0.3 is 6.18 Å². The molecular formula is C77H47F3N6. The van der Waals surface area contributed by atoms with Crippen LogP contribution in [-0.4, -0.2) is 24.1 Å². The number of benzene rings is 12. The zero-order chi connectivity index (χ0) is 57.9. The molecule has 0 saturated carbocycles. The van der Waals surface area contributed by atoms with Crippen molar-refractivity contribution in [1.29, 1.82) is 0 Å². The Bertz CT molecular complexity index is 4940. The summed E-state index contributed by atoms with van der Waals surface area (Å²) in [4.78, 5) is 19.6. The van der Waals surface area contributed by atoms with Crippen molar-refractivity contribution in [3.05, 3.63) is 302 Å². The lowest BCUT2D eigenvalue weighted by Gasteiger charge is -2.18. The van der Waals surface area contributed by atoms with Gasteiger partial charge in [-0.2, -0.15) is 13.2 Å². The molecule has 86 heavy (non-hydrogen) atoms. The lowest BCUT2D eigenvalue weighted by molar-refractivity contribution is -0.137. The summed E-state index contributed by atoms with van der Waals surface area (Å²) in [5.74, 6) is 0.564. The van der Waals surface area contributed by atoms with E-state index in [9.17, 15) is 0 Å². The normalized spacial score (nSPS) is 11.7. The van der Waals surface area contributed by atoms with Gasteiger partial charge in [-0.15, -0.1) is 0 Å². The van der Waals surface area contributed by atoms with Crippen LogP contribution >= 0.6 is 0 Å². The van der Waals surface area contributed by atoms with E-state index in [-0.39, 0.29) is 23.0 Å². The van der Waals surface area contributed by atoms with Crippen molar-refractivity contribution in [3.63, 3.8) is 0 Å². The van der Waals surface area contributed by atoms with Crippen LogP contribution in [0.2, 0.25) is 0 Å². The number of halogens is 3. The predicted octanol–water partition coefficient (Wildman–Crippen LogP) is 21.0. The van der Waals surface area contributed by atoms with Crippen molar-refractivity contribution in [2.24, 2.45) is 0 Å². The highest BCUT2D eigenvalue weighted by Gasteiger charge is 2.33. The van der Waals surface area contributed by atoms with Crippen molar-refractivity contribution < 1.29 is 13.2 Å². The van der Waals surface area contributed by atoms with Gasteiger partial charge in [0.2, 0.25) is 0 Å². The second kappa shape index (κ2) is 21.1. The molecule has 0 amide bonds. The quantitative estimate of drug-likeness (QED) is 0.128. The first kappa shape index (κ1) is 51.4. The molecule has 0 aliphatic carbocycles. The number of hydrogen-bond acceptors (Lipinski definition) is 3. The van der Waals surface area contributed by atoms with Gasteiger partial charge in [-0.1, -0.05) is 206 Å². The number of fused-ring (bicyclic) bond motifs is 6. The first-order valence-corrected chi connectivity index (χ1v) is 28.3. The van der Waals surface area contributed by atoms with Crippen molar-refractivity contribution in [2.75, 3.05) is 0 Å². The fourth-order valence-electron chi connectivity index (χ4n) is 12.0. The van der Waals surface area contributed by atoms with E-state index in [2.05, 4.69) is 143 Å². The predicted molar refractivity (Wildman–Crippen MR) is 343 cm³/mol. The fraction of sp³-hybridized carbons (Fsp3) is 0.0130. The molecule has 15 aromatic rings. The summed E-state index contributed by atoms with van der Waals surface area (Å²) in [6, 6.07) is 93.5. The number of rotatable bonds is 10. The summed E-state index contributed by atoms with van der Waals surface area (Å²) in [6.07, 6.45) is -4.72. The van der Waals surface area contributed by atoms with Crippen LogP contribution in [-0.2, 0) is 6.18 Å². The molecule has 0 saturated heterocycles. The van der Waals surface area contributed by atoms with Gasteiger partial charge < -0.3 is 9.13 Å². The Kier molecular flexibility index (Phi) is 12.6. The Balaban J connectivity index is 1.01. The summed E-state index contributed by atoms with van der Waals surface area (Å²) in [5, 5.41) is 3.90. The van der Waals surface area contributed by atoms with Crippen LogP contribution in [0.15, 0.2) is 285 Å². The fourth-order valence-corrected chi connectivity index (χ4v) is 12.0. The highest BCUT2D eigenvalue weighted by atomic mass is 19.4. The molecule has 406 valence electrons. The Morgan fingerprint density at radius 1 is 0.291 bits per heavy atom. The molecular weight excluding hydrogens is 1070 g/mol. The van der Waals surface area contributed by atoms with E-state index in [0.29, 0.717) is 22.5 Å². The maximum Gasteiger partial charge on any atom is 0.416 e. The van der Waals surface area contributed by atoms with E-state index in [1.165, 1.54) is 6.07 Å². The van der Waals surface area contributed by atoms with Crippen LogP contribution in [0.3, 0.4) is 0 Å². The summed E-state index contributed by atoms with van der Waals surface area (Å²) < 4.78 is 50.6. The summed E-state index contributed by atoms with van der Waals surface area (Å²) in [7, 11) is 0. The highest BCUT2D eigenvalue weighted by Crippen LogP contribution is 2.45. The van der Waals surface area contributed by atoms with E-state index >= 15 is 13.2 Å². The maximum atomic E-state index is 15.4. The summed E-state index contributed by atoms with van der Waals surface area (Å²) in [5.41, 5.74) is 15.7. The number of alkyl halides is 3. The Labute approximate surface area is 493 Å². The van der Waals surface area contributed by atoms with Crippen LogP contribution in [0.1, 0.15) is 5.56 Å². The average Bonchev–Trinajstić information content (AvgIpc) is 2.07. The third-order valence-corrected chi connectivity index (χ3v) is 16.2. The molecule has 12 aromatic carbocycles. The Morgan fingerprint density at radius 2 is 0.593 bits per heavy atom.